The third kappa shape index (κ3) is 4.08. The van der Waals surface area contributed by atoms with Gasteiger partial charge in [0.1, 0.15) is 10.7 Å². The molecule has 7 heteroatoms. The molecule has 142 valence electrons. The zero-order chi connectivity index (χ0) is 19.5. The molecule has 0 unspecified atom stereocenters. The molecule has 2 heterocycles. The second kappa shape index (κ2) is 8.12. The number of nitrogens with zero attached hydrogens (tertiary/aromatic N) is 2. The van der Waals surface area contributed by atoms with Gasteiger partial charge in [0.15, 0.2) is 0 Å². The number of hydrogen-bond acceptors (Lipinski definition) is 4. The molecular formula is C21H18ClN3O2S. The molecule has 1 aromatic heterocycles. The van der Waals surface area contributed by atoms with Crippen LogP contribution in [0.25, 0.3) is 10.6 Å². The zero-order valence-electron chi connectivity index (χ0n) is 15.0. The van der Waals surface area contributed by atoms with E-state index in [0.717, 1.165) is 36.5 Å². The maximum Gasteiger partial charge on any atom is 0.275 e. The Balaban J connectivity index is 1.48. The van der Waals surface area contributed by atoms with Crippen molar-refractivity contribution in [2.45, 2.75) is 12.8 Å². The Morgan fingerprint density at radius 1 is 1.07 bits per heavy atom. The summed E-state index contributed by atoms with van der Waals surface area (Å²) in [4.78, 5) is 31.4. The second-order valence-electron chi connectivity index (χ2n) is 6.58. The topological polar surface area (TPSA) is 62.3 Å². The first-order valence-electron chi connectivity index (χ1n) is 9.02. The Bertz CT molecular complexity index is 1030. The summed E-state index contributed by atoms with van der Waals surface area (Å²) in [6, 6.07) is 14.4. The molecule has 3 aromatic rings. The van der Waals surface area contributed by atoms with E-state index in [1.165, 1.54) is 11.3 Å². The molecule has 1 N–H and O–H groups in total. The van der Waals surface area contributed by atoms with Crippen LogP contribution in [0.2, 0.25) is 5.02 Å². The maximum atomic E-state index is 12.6. The number of amides is 2. The Morgan fingerprint density at radius 3 is 2.64 bits per heavy atom. The first-order valence-corrected chi connectivity index (χ1v) is 10.3. The van der Waals surface area contributed by atoms with Crippen LogP contribution >= 0.6 is 22.9 Å². The predicted octanol–water partition coefficient (Wildman–Crippen LogP) is 4.95. The second-order valence-corrected chi connectivity index (χ2v) is 7.88. The number of aromatic nitrogens is 1. The number of nitrogens with one attached hydrogen (secondary N) is 1. The van der Waals surface area contributed by atoms with Crippen molar-refractivity contribution in [3.05, 3.63) is 70.2 Å². The van der Waals surface area contributed by atoms with E-state index in [1.807, 2.05) is 23.1 Å². The van der Waals surface area contributed by atoms with Gasteiger partial charge < -0.3 is 10.2 Å². The summed E-state index contributed by atoms with van der Waals surface area (Å²) >= 11 is 7.41. The highest BCUT2D eigenvalue weighted by molar-refractivity contribution is 7.13. The van der Waals surface area contributed by atoms with Crippen LogP contribution in [0.4, 0.5) is 5.69 Å². The van der Waals surface area contributed by atoms with E-state index in [9.17, 15) is 9.59 Å². The summed E-state index contributed by atoms with van der Waals surface area (Å²) in [6.07, 6.45) is 2.09. The van der Waals surface area contributed by atoms with Crippen molar-refractivity contribution in [3.63, 3.8) is 0 Å². The Morgan fingerprint density at radius 2 is 1.86 bits per heavy atom. The zero-order valence-corrected chi connectivity index (χ0v) is 16.6. The molecule has 0 radical (unpaired) electrons. The van der Waals surface area contributed by atoms with E-state index >= 15 is 0 Å². The Kier molecular flexibility index (Phi) is 5.41. The average molecular weight is 412 g/mol. The van der Waals surface area contributed by atoms with Gasteiger partial charge >= 0.3 is 0 Å². The third-order valence-corrected chi connectivity index (χ3v) is 5.70. The summed E-state index contributed by atoms with van der Waals surface area (Å²) in [5.41, 5.74) is 2.36. The molecule has 1 aliphatic heterocycles. The Labute approximate surface area is 172 Å². The fourth-order valence-corrected chi connectivity index (χ4v) is 4.15. The van der Waals surface area contributed by atoms with Crippen LogP contribution in [0.1, 0.15) is 33.7 Å². The standard InChI is InChI=1S/C21H18ClN3O2S/c22-16-7-3-5-14(11-16)20-24-18(13-28-20)19(26)23-17-8-4-6-15(12-17)21(27)25-9-1-2-10-25/h3-8,11-13H,1-2,9-10H2,(H,23,26). The fraction of sp³-hybridized carbons (Fsp3) is 0.190. The fourth-order valence-electron chi connectivity index (χ4n) is 3.16. The van der Waals surface area contributed by atoms with Crippen LogP contribution in [0.5, 0.6) is 0 Å². The van der Waals surface area contributed by atoms with Crippen LogP contribution in [0.3, 0.4) is 0 Å². The summed E-state index contributed by atoms with van der Waals surface area (Å²) < 4.78 is 0. The summed E-state index contributed by atoms with van der Waals surface area (Å²) in [5.74, 6) is -0.305. The number of benzene rings is 2. The van der Waals surface area contributed by atoms with Crippen molar-refractivity contribution in [2.24, 2.45) is 0 Å². The van der Waals surface area contributed by atoms with E-state index in [2.05, 4.69) is 10.3 Å². The van der Waals surface area contributed by atoms with Gasteiger partial charge in [0.05, 0.1) is 0 Å². The lowest BCUT2D eigenvalue weighted by Gasteiger charge is -2.15. The van der Waals surface area contributed by atoms with E-state index in [1.54, 1.807) is 35.7 Å². The highest BCUT2D eigenvalue weighted by atomic mass is 35.5. The number of thiazole rings is 1. The molecule has 0 saturated carbocycles. The van der Waals surface area contributed by atoms with E-state index < -0.39 is 0 Å². The van der Waals surface area contributed by atoms with E-state index in [-0.39, 0.29) is 11.8 Å². The van der Waals surface area contributed by atoms with Gasteiger partial charge in [-0.1, -0.05) is 29.8 Å². The number of rotatable bonds is 4. The van der Waals surface area contributed by atoms with Crippen LogP contribution < -0.4 is 5.32 Å². The van der Waals surface area contributed by atoms with E-state index in [4.69, 9.17) is 11.6 Å². The van der Waals surface area contributed by atoms with Gasteiger partial charge in [-0.25, -0.2) is 4.98 Å². The van der Waals surface area contributed by atoms with Crippen molar-refractivity contribution in [1.29, 1.82) is 0 Å². The SMILES string of the molecule is O=C(Nc1cccc(C(=O)N2CCCC2)c1)c1csc(-c2cccc(Cl)c2)n1. The average Bonchev–Trinajstić information content (AvgIpc) is 3.40. The largest absolute Gasteiger partial charge is 0.339 e. The molecule has 0 bridgehead atoms. The first-order chi connectivity index (χ1) is 13.6. The molecule has 0 spiro atoms. The highest BCUT2D eigenvalue weighted by Gasteiger charge is 2.20. The predicted molar refractivity (Wildman–Crippen MR) is 112 cm³/mol. The van der Waals surface area contributed by atoms with Crippen molar-refractivity contribution in [2.75, 3.05) is 18.4 Å². The van der Waals surface area contributed by atoms with Gasteiger partial charge in [-0.3, -0.25) is 9.59 Å². The minimum absolute atomic E-state index is 0.00509. The lowest BCUT2D eigenvalue weighted by Crippen LogP contribution is -2.27. The highest BCUT2D eigenvalue weighted by Crippen LogP contribution is 2.26. The quantitative estimate of drug-likeness (QED) is 0.660. The molecule has 1 aliphatic rings. The number of halogens is 1. The molecule has 1 saturated heterocycles. The number of likely N-dealkylation sites (tertiary alicyclic amines) is 1. The third-order valence-electron chi connectivity index (χ3n) is 4.57. The van der Waals surface area contributed by atoms with Crippen LogP contribution in [-0.2, 0) is 0 Å². The summed E-state index contributed by atoms with van der Waals surface area (Å²) in [5, 5.41) is 5.89. The van der Waals surface area contributed by atoms with Crippen LogP contribution in [0.15, 0.2) is 53.9 Å². The number of carbonyl (C=O) groups is 2. The summed E-state index contributed by atoms with van der Waals surface area (Å²) in [7, 11) is 0. The van der Waals surface area contributed by atoms with Gasteiger partial charge in [0.25, 0.3) is 11.8 Å². The normalized spacial score (nSPS) is 13.5. The number of anilines is 1. The maximum absolute atomic E-state index is 12.6. The molecule has 0 atom stereocenters. The van der Waals surface area contributed by atoms with Crippen molar-refractivity contribution in [1.82, 2.24) is 9.88 Å². The smallest absolute Gasteiger partial charge is 0.275 e. The molecular weight excluding hydrogens is 394 g/mol. The minimum Gasteiger partial charge on any atom is -0.339 e. The van der Waals surface area contributed by atoms with Gasteiger partial charge in [-0.15, -0.1) is 11.3 Å². The van der Waals surface area contributed by atoms with Crippen molar-refractivity contribution < 1.29 is 9.59 Å². The van der Waals surface area contributed by atoms with Gasteiger partial charge in [-0.2, -0.15) is 0 Å². The lowest BCUT2D eigenvalue weighted by molar-refractivity contribution is 0.0792. The van der Waals surface area contributed by atoms with Gasteiger partial charge in [-0.05, 0) is 43.2 Å². The van der Waals surface area contributed by atoms with Crippen LogP contribution in [0, 0.1) is 0 Å². The lowest BCUT2D eigenvalue weighted by atomic mass is 10.1. The van der Waals surface area contributed by atoms with Crippen molar-refractivity contribution >= 4 is 40.4 Å². The van der Waals surface area contributed by atoms with Gasteiger partial charge in [0.2, 0.25) is 0 Å². The molecule has 5 nitrogen and oxygen atoms in total. The van der Waals surface area contributed by atoms with Gasteiger partial charge in [0, 0.05) is 40.3 Å². The van der Waals surface area contributed by atoms with Crippen LogP contribution in [-0.4, -0.2) is 34.8 Å². The molecule has 2 amide bonds. The van der Waals surface area contributed by atoms with Crippen molar-refractivity contribution in [3.8, 4) is 10.6 Å². The molecule has 28 heavy (non-hydrogen) atoms. The minimum atomic E-state index is -0.310. The van der Waals surface area contributed by atoms with E-state index in [0.29, 0.717) is 22.0 Å². The number of hydrogen-bond donors (Lipinski definition) is 1. The monoisotopic (exact) mass is 411 g/mol. The number of carbonyl (C=O) groups excluding carboxylic acids is 2. The molecule has 0 aliphatic carbocycles. The first kappa shape index (κ1) is 18.7. The Hall–Kier alpha value is -2.70. The molecule has 4 rings (SSSR count). The molecule has 1 fully saturated rings. The summed E-state index contributed by atoms with van der Waals surface area (Å²) in [6.45, 7) is 1.58. The molecule has 2 aromatic carbocycles.